The van der Waals surface area contributed by atoms with Crippen molar-refractivity contribution in [3.63, 3.8) is 0 Å². The molecule has 0 spiro atoms. The summed E-state index contributed by atoms with van der Waals surface area (Å²) >= 11 is 0. The Balaban J connectivity index is 2.13. The van der Waals surface area contributed by atoms with Crippen LogP contribution in [-0.4, -0.2) is 25.2 Å². The summed E-state index contributed by atoms with van der Waals surface area (Å²) in [6, 6.07) is 8.65. The molecule has 0 aliphatic rings. The van der Waals surface area contributed by atoms with Gasteiger partial charge >= 0.3 is 5.97 Å². The number of esters is 1. The highest BCUT2D eigenvalue weighted by molar-refractivity contribution is 5.90. The molecule has 0 N–H and O–H groups in total. The average molecular weight is 273 g/mol. The third-order valence-corrected chi connectivity index (χ3v) is 2.73. The van der Waals surface area contributed by atoms with E-state index < -0.39 is 5.97 Å². The van der Waals surface area contributed by atoms with Crippen LogP contribution in [0.4, 0.5) is 0 Å². The number of hydrogen-bond acceptors (Lipinski definition) is 5. The van der Waals surface area contributed by atoms with E-state index in [0.29, 0.717) is 23.7 Å². The highest BCUT2D eigenvalue weighted by atomic mass is 16.5. The lowest BCUT2D eigenvalue weighted by atomic mass is 10.2. The summed E-state index contributed by atoms with van der Waals surface area (Å²) in [4.78, 5) is 15.4. The number of rotatable bonds is 5. The fourth-order valence-electron chi connectivity index (χ4n) is 1.67. The van der Waals surface area contributed by atoms with E-state index in [1.54, 1.807) is 30.6 Å². The zero-order valence-corrected chi connectivity index (χ0v) is 11.3. The molecule has 0 amide bonds. The maximum Gasteiger partial charge on any atom is 0.337 e. The fourth-order valence-corrected chi connectivity index (χ4v) is 1.67. The molecule has 2 rings (SSSR count). The van der Waals surface area contributed by atoms with E-state index in [0.717, 1.165) is 5.56 Å². The SMILES string of the molecule is COC(=O)c1ccc(OCc2ccncc2)c(OC)c1. The van der Waals surface area contributed by atoms with Gasteiger partial charge in [0, 0.05) is 12.4 Å². The van der Waals surface area contributed by atoms with Crippen molar-refractivity contribution in [1.82, 2.24) is 4.98 Å². The van der Waals surface area contributed by atoms with Crippen LogP contribution in [0.25, 0.3) is 0 Å². The van der Waals surface area contributed by atoms with Gasteiger partial charge in [-0.25, -0.2) is 4.79 Å². The molecule has 0 aliphatic heterocycles. The van der Waals surface area contributed by atoms with Crippen LogP contribution >= 0.6 is 0 Å². The topological polar surface area (TPSA) is 57.7 Å². The molecule has 1 heterocycles. The van der Waals surface area contributed by atoms with Gasteiger partial charge in [0.15, 0.2) is 11.5 Å². The van der Waals surface area contributed by atoms with Gasteiger partial charge in [-0.15, -0.1) is 0 Å². The number of benzene rings is 1. The summed E-state index contributed by atoms with van der Waals surface area (Å²) in [6.07, 6.45) is 3.41. The first-order chi connectivity index (χ1) is 9.74. The predicted molar refractivity (Wildman–Crippen MR) is 72.9 cm³/mol. The summed E-state index contributed by atoms with van der Waals surface area (Å²) in [5.41, 5.74) is 1.42. The van der Waals surface area contributed by atoms with Crippen molar-refractivity contribution in [2.24, 2.45) is 0 Å². The molecule has 20 heavy (non-hydrogen) atoms. The van der Waals surface area contributed by atoms with Crippen molar-refractivity contribution in [2.45, 2.75) is 6.61 Å². The fraction of sp³-hybridized carbons (Fsp3) is 0.200. The van der Waals surface area contributed by atoms with Crippen molar-refractivity contribution in [3.8, 4) is 11.5 Å². The molecule has 0 fully saturated rings. The van der Waals surface area contributed by atoms with E-state index in [4.69, 9.17) is 9.47 Å². The average Bonchev–Trinajstić information content (AvgIpc) is 2.53. The van der Waals surface area contributed by atoms with Crippen molar-refractivity contribution in [1.29, 1.82) is 0 Å². The Bertz CT molecular complexity index is 584. The van der Waals surface area contributed by atoms with Gasteiger partial charge < -0.3 is 14.2 Å². The number of hydrogen-bond donors (Lipinski definition) is 0. The zero-order valence-electron chi connectivity index (χ0n) is 11.3. The molecule has 0 saturated carbocycles. The Labute approximate surface area is 117 Å². The van der Waals surface area contributed by atoms with Crippen LogP contribution in [0, 0.1) is 0 Å². The summed E-state index contributed by atoms with van der Waals surface area (Å²) in [5, 5.41) is 0. The number of carbonyl (C=O) groups is 1. The molecule has 0 saturated heterocycles. The summed E-state index contributed by atoms with van der Waals surface area (Å²) < 4.78 is 15.6. The Kier molecular flexibility index (Phi) is 4.55. The van der Waals surface area contributed by atoms with Crippen LogP contribution in [-0.2, 0) is 11.3 Å². The summed E-state index contributed by atoms with van der Waals surface area (Å²) in [6.45, 7) is 0.399. The molecule has 0 bridgehead atoms. The van der Waals surface area contributed by atoms with Gasteiger partial charge in [-0.3, -0.25) is 4.98 Å². The number of carbonyl (C=O) groups excluding carboxylic acids is 1. The Morgan fingerprint density at radius 2 is 1.85 bits per heavy atom. The largest absolute Gasteiger partial charge is 0.493 e. The second-order valence-corrected chi connectivity index (χ2v) is 4.00. The van der Waals surface area contributed by atoms with Crippen molar-refractivity contribution in [2.75, 3.05) is 14.2 Å². The maximum absolute atomic E-state index is 11.4. The Morgan fingerprint density at radius 3 is 2.50 bits per heavy atom. The molecule has 5 nitrogen and oxygen atoms in total. The molecule has 0 unspecified atom stereocenters. The monoisotopic (exact) mass is 273 g/mol. The normalized spacial score (nSPS) is 9.90. The van der Waals surface area contributed by atoms with Crippen LogP contribution in [0.5, 0.6) is 11.5 Å². The van der Waals surface area contributed by atoms with Crippen LogP contribution in [0.2, 0.25) is 0 Å². The van der Waals surface area contributed by atoms with E-state index >= 15 is 0 Å². The number of nitrogens with zero attached hydrogens (tertiary/aromatic N) is 1. The second-order valence-electron chi connectivity index (χ2n) is 4.00. The van der Waals surface area contributed by atoms with Gasteiger partial charge in [0.1, 0.15) is 6.61 Å². The highest BCUT2D eigenvalue weighted by Crippen LogP contribution is 2.29. The quantitative estimate of drug-likeness (QED) is 0.783. The van der Waals surface area contributed by atoms with Crippen LogP contribution in [0.3, 0.4) is 0 Å². The van der Waals surface area contributed by atoms with E-state index in [1.807, 2.05) is 12.1 Å². The minimum Gasteiger partial charge on any atom is -0.493 e. The lowest BCUT2D eigenvalue weighted by molar-refractivity contribution is 0.0600. The van der Waals surface area contributed by atoms with Gasteiger partial charge in [0.25, 0.3) is 0 Å². The minimum atomic E-state index is -0.413. The lowest BCUT2D eigenvalue weighted by Crippen LogP contribution is -2.03. The molecule has 0 aliphatic carbocycles. The van der Waals surface area contributed by atoms with E-state index in [2.05, 4.69) is 9.72 Å². The van der Waals surface area contributed by atoms with E-state index in [1.165, 1.54) is 14.2 Å². The molecular formula is C15H15NO4. The Hall–Kier alpha value is -2.56. The van der Waals surface area contributed by atoms with Gasteiger partial charge in [-0.2, -0.15) is 0 Å². The third-order valence-electron chi connectivity index (χ3n) is 2.73. The van der Waals surface area contributed by atoms with E-state index in [9.17, 15) is 4.79 Å². The van der Waals surface area contributed by atoms with Crippen molar-refractivity contribution >= 4 is 5.97 Å². The first kappa shape index (κ1) is 13.9. The molecule has 1 aromatic carbocycles. The number of methoxy groups -OCH3 is 2. The smallest absolute Gasteiger partial charge is 0.337 e. The Morgan fingerprint density at radius 1 is 1.10 bits per heavy atom. The molecule has 0 radical (unpaired) electrons. The van der Waals surface area contributed by atoms with Gasteiger partial charge in [0.05, 0.1) is 19.8 Å². The second kappa shape index (κ2) is 6.56. The van der Waals surface area contributed by atoms with Gasteiger partial charge in [0.2, 0.25) is 0 Å². The maximum atomic E-state index is 11.4. The number of ether oxygens (including phenoxy) is 3. The van der Waals surface area contributed by atoms with Crippen LogP contribution in [0.15, 0.2) is 42.7 Å². The zero-order chi connectivity index (χ0) is 14.4. The first-order valence-corrected chi connectivity index (χ1v) is 6.02. The lowest BCUT2D eigenvalue weighted by Gasteiger charge is -2.11. The van der Waals surface area contributed by atoms with Crippen molar-refractivity contribution in [3.05, 3.63) is 53.9 Å². The summed E-state index contributed by atoms with van der Waals surface area (Å²) in [5.74, 6) is 0.642. The van der Waals surface area contributed by atoms with Gasteiger partial charge in [-0.1, -0.05) is 0 Å². The molecule has 104 valence electrons. The standard InChI is InChI=1S/C15H15NO4/c1-18-14-9-12(15(17)19-2)3-4-13(14)20-10-11-5-7-16-8-6-11/h3-9H,10H2,1-2H3. The molecular weight excluding hydrogens is 258 g/mol. The molecule has 2 aromatic rings. The third kappa shape index (κ3) is 3.26. The number of aromatic nitrogens is 1. The number of pyridine rings is 1. The summed E-state index contributed by atoms with van der Waals surface area (Å²) in [7, 11) is 2.86. The minimum absolute atomic E-state index is 0.399. The highest BCUT2D eigenvalue weighted by Gasteiger charge is 2.11. The van der Waals surface area contributed by atoms with Crippen LogP contribution in [0.1, 0.15) is 15.9 Å². The molecule has 1 aromatic heterocycles. The van der Waals surface area contributed by atoms with E-state index in [-0.39, 0.29) is 0 Å². The predicted octanol–water partition coefficient (Wildman–Crippen LogP) is 2.46. The molecule has 5 heteroatoms. The van der Waals surface area contributed by atoms with Gasteiger partial charge in [-0.05, 0) is 35.9 Å². The first-order valence-electron chi connectivity index (χ1n) is 6.02. The van der Waals surface area contributed by atoms with Crippen molar-refractivity contribution < 1.29 is 19.0 Å². The molecule has 0 atom stereocenters. The van der Waals surface area contributed by atoms with Crippen LogP contribution < -0.4 is 9.47 Å².